The second-order valence-corrected chi connectivity index (χ2v) is 9.93. The lowest BCUT2D eigenvalue weighted by molar-refractivity contribution is -0.139. The minimum absolute atomic E-state index is 0.178. The van der Waals surface area contributed by atoms with Gasteiger partial charge in [-0.2, -0.15) is 0 Å². The average Bonchev–Trinajstić information content (AvgIpc) is 3.09. The number of aromatic nitrogens is 1. The number of nitrogens with zero attached hydrogens (tertiary/aromatic N) is 2. The molecule has 1 aromatic heterocycles. The SMILES string of the molecule is CCOC(=O)C1=C(C)N=c2s/c(=C\c3cc(Br)ccc3OC(C)=O)c(=O)n2[C@@H]1c1ccccc1Cl. The second-order valence-electron chi connectivity index (χ2n) is 7.60. The van der Waals surface area contributed by atoms with Crippen molar-refractivity contribution in [3.63, 3.8) is 0 Å². The van der Waals surface area contributed by atoms with Crippen molar-refractivity contribution in [3.8, 4) is 5.75 Å². The first kappa shape index (κ1) is 25.1. The van der Waals surface area contributed by atoms with Gasteiger partial charge in [-0.1, -0.05) is 57.1 Å². The summed E-state index contributed by atoms with van der Waals surface area (Å²) >= 11 is 11.1. The Labute approximate surface area is 218 Å². The van der Waals surface area contributed by atoms with Crippen LogP contribution < -0.4 is 19.6 Å². The van der Waals surface area contributed by atoms with E-state index in [0.29, 0.717) is 36.9 Å². The van der Waals surface area contributed by atoms with Crippen molar-refractivity contribution >= 4 is 56.9 Å². The fourth-order valence-corrected chi connectivity index (χ4v) is 5.46. The summed E-state index contributed by atoms with van der Waals surface area (Å²) in [5, 5.41) is 0.410. The summed E-state index contributed by atoms with van der Waals surface area (Å²) in [5.41, 5.74) is 1.46. The Balaban J connectivity index is 1.98. The average molecular weight is 576 g/mol. The van der Waals surface area contributed by atoms with Gasteiger partial charge in [-0.15, -0.1) is 0 Å². The first-order chi connectivity index (χ1) is 16.7. The highest BCUT2D eigenvalue weighted by Crippen LogP contribution is 2.34. The van der Waals surface area contributed by atoms with Crippen LogP contribution in [0.25, 0.3) is 6.08 Å². The van der Waals surface area contributed by atoms with Crippen LogP contribution in [-0.4, -0.2) is 23.1 Å². The Morgan fingerprint density at radius 3 is 2.69 bits per heavy atom. The van der Waals surface area contributed by atoms with Crippen LogP contribution in [-0.2, 0) is 14.3 Å². The first-order valence-corrected chi connectivity index (χ1v) is 12.6. The maximum atomic E-state index is 13.7. The molecule has 0 spiro atoms. The molecule has 7 nitrogen and oxygen atoms in total. The van der Waals surface area contributed by atoms with Gasteiger partial charge in [0.2, 0.25) is 0 Å². The highest BCUT2D eigenvalue weighted by Gasteiger charge is 2.34. The van der Waals surface area contributed by atoms with Crippen LogP contribution in [0.5, 0.6) is 5.75 Å². The molecule has 2 aromatic carbocycles. The number of benzene rings is 2. The predicted octanol–water partition coefficient (Wildman–Crippen LogP) is 4.14. The summed E-state index contributed by atoms with van der Waals surface area (Å²) in [4.78, 5) is 43.2. The molecular formula is C25H20BrClN2O5S. The quantitative estimate of drug-likeness (QED) is 0.337. The van der Waals surface area contributed by atoms with E-state index in [-0.39, 0.29) is 17.7 Å². The number of esters is 2. The van der Waals surface area contributed by atoms with Crippen molar-refractivity contribution in [1.82, 2.24) is 4.57 Å². The lowest BCUT2D eigenvalue weighted by Gasteiger charge is -2.25. The largest absolute Gasteiger partial charge is 0.463 e. The van der Waals surface area contributed by atoms with Crippen LogP contribution in [0.2, 0.25) is 5.02 Å². The van der Waals surface area contributed by atoms with Gasteiger partial charge in [0, 0.05) is 22.0 Å². The number of carbonyl (C=O) groups is 2. The van der Waals surface area contributed by atoms with Crippen molar-refractivity contribution in [2.75, 3.05) is 6.61 Å². The standard InChI is InChI=1S/C25H20BrClN2O5S/c1-4-33-24(32)21-13(2)28-25-29(22(21)17-7-5-6-8-18(17)27)23(31)20(35-25)12-15-11-16(26)9-10-19(15)34-14(3)30/h5-12,22H,4H2,1-3H3/b20-12-/t22-/m1/s1. The number of allylic oxidation sites excluding steroid dienone is 1. The molecule has 10 heteroatoms. The Hall–Kier alpha value is -3.01. The lowest BCUT2D eigenvalue weighted by Crippen LogP contribution is -2.40. The van der Waals surface area contributed by atoms with E-state index < -0.39 is 18.0 Å². The van der Waals surface area contributed by atoms with Crippen molar-refractivity contribution in [1.29, 1.82) is 0 Å². The van der Waals surface area contributed by atoms with Gasteiger partial charge in [0.15, 0.2) is 4.80 Å². The maximum absolute atomic E-state index is 13.7. The molecule has 0 bridgehead atoms. The van der Waals surface area contributed by atoms with E-state index in [0.717, 1.165) is 4.47 Å². The highest BCUT2D eigenvalue weighted by molar-refractivity contribution is 9.10. The molecule has 0 saturated carbocycles. The van der Waals surface area contributed by atoms with E-state index in [2.05, 4.69) is 20.9 Å². The minimum atomic E-state index is -0.809. The van der Waals surface area contributed by atoms with Gasteiger partial charge in [-0.25, -0.2) is 9.79 Å². The van der Waals surface area contributed by atoms with E-state index in [1.807, 2.05) is 0 Å². The van der Waals surface area contributed by atoms with E-state index in [1.165, 1.54) is 22.8 Å². The van der Waals surface area contributed by atoms with E-state index >= 15 is 0 Å². The summed E-state index contributed by atoms with van der Waals surface area (Å²) in [6, 6.07) is 11.4. The van der Waals surface area contributed by atoms with Crippen LogP contribution in [0.4, 0.5) is 0 Å². The molecule has 180 valence electrons. The van der Waals surface area contributed by atoms with E-state index in [4.69, 9.17) is 21.1 Å². The van der Waals surface area contributed by atoms with Gasteiger partial charge in [0.1, 0.15) is 11.8 Å². The van der Waals surface area contributed by atoms with E-state index in [1.54, 1.807) is 62.4 Å². The number of ether oxygens (including phenoxy) is 2. The van der Waals surface area contributed by atoms with Crippen LogP contribution in [0.3, 0.4) is 0 Å². The van der Waals surface area contributed by atoms with Crippen molar-refractivity contribution < 1.29 is 19.1 Å². The van der Waals surface area contributed by atoms with Gasteiger partial charge in [-0.3, -0.25) is 14.2 Å². The maximum Gasteiger partial charge on any atom is 0.338 e. The molecule has 1 aliphatic rings. The molecule has 0 N–H and O–H groups in total. The summed E-state index contributed by atoms with van der Waals surface area (Å²) < 4.78 is 13.2. The fourth-order valence-electron chi connectivity index (χ4n) is 3.80. The number of halogens is 2. The molecular weight excluding hydrogens is 556 g/mol. The Morgan fingerprint density at radius 1 is 1.26 bits per heavy atom. The molecule has 0 fully saturated rings. The normalized spacial score (nSPS) is 15.5. The topological polar surface area (TPSA) is 87.0 Å². The molecule has 1 atom stereocenters. The molecule has 0 amide bonds. The summed E-state index contributed by atoms with van der Waals surface area (Å²) in [6.45, 7) is 4.91. The number of thiazole rings is 1. The van der Waals surface area contributed by atoms with Crippen molar-refractivity contribution in [3.05, 3.63) is 94.0 Å². The molecule has 4 rings (SSSR count). The predicted molar refractivity (Wildman–Crippen MR) is 137 cm³/mol. The van der Waals surface area contributed by atoms with Crippen LogP contribution in [0, 0.1) is 0 Å². The fraction of sp³-hybridized carbons (Fsp3) is 0.200. The van der Waals surface area contributed by atoms with Gasteiger partial charge < -0.3 is 9.47 Å². The molecule has 2 heterocycles. The zero-order valence-corrected chi connectivity index (χ0v) is 22.2. The Bertz CT molecular complexity index is 1560. The Morgan fingerprint density at radius 2 is 2.00 bits per heavy atom. The highest BCUT2D eigenvalue weighted by atomic mass is 79.9. The lowest BCUT2D eigenvalue weighted by atomic mass is 9.96. The molecule has 0 saturated heterocycles. The van der Waals surface area contributed by atoms with Crippen molar-refractivity contribution in [2.45, 2.75) is 26.8 Å². The molecule has 0 aliphatic carbocycles. The monoisotopic (exact) mass is 574 g/mol. The third-order valence-corrected chi connectivity index (χ3v) is 7.05. The molecule has 0 radical (unpaired) electrons. The number of carbonyl (C=O) groups excluding carboxylic acids is 2. The summed E-state index contributed by atoms with van der Waals surface area (Å²) in [6.07, 6.45) is 1.64. The smallest absolute Gasteiger partial charge is 0.338 e. The molecule has 3 aromatic rings. The van der Waals surface area contributed by atoms with Gasteiger partial charge in [-0.05, 0) is 49.8 Å². The molecule has 0 unspecified atom stereocenters. The van der Waals surface area contributed by atoms with Crippen LogP contribution in [0.1, 0.15) is 37.9 Å². The van der Waals surface area contributed by atoms with Gasteiger partial charge in [0.05, 0.1) is 22.4 Å². The molecule has 35 heavy (non-hydrogen) atoms. The number of rotatable bonds is 5. The third-order valence-electron chi connectivity index (χ3n) is 5.23. The Kier molecular flexibility index (Phi) is 7.39. The number of hydrogen-bond donors (Lipinski definition) is 0. The molecule has 1 aliphatic heterocycles. The van der Waals surface area contributed by atoms with Gasteiger partial charge in [0.25, 0.3) is 5.56 Å². The van der Waals surface area contributed by atoms with Gasteiger partial charge >= 0.3 is 11.9 Å². The number of hydrogen-bond acceptors (Lipinski definition) is 7. The minimum Gasteiger partial charge on any atom is -0.463 e. The van der Waals surface area contributed by atoms with Crippen LogP contribution >= 0.6 is 38.9 Å². The third kappa shape index (κ3) is 5.03. The first-order valence-electron chi connectivity index (χ1n) is 10.6. The zero-order valence-electron chi connectivity index (χ0n) is 19.0. The number of fused-ring (bicyclic) bond motifs is 1. The van der Waals surface area contributed by atoms with E-state index in [9.17, 15) is 14.4 Å². The van der Waals surface area contributed by atoms with Crippen molar-refractivity contribution in [2.24, 2.45) is 4.99 Å². The summed E-state index contributed by atoms with van der Waals surface area (Å²) in [7, 11) is 0. The zero-order chi connectivity index (χ0) is 25.3. The summed E-state index contributed by atoms with van der Waals surface area (Å²) in [5.74, 6) is -0.716. The van der Waals surface area contributed by atoms with Crippen LogP contribution in [0.15, 0.2) is 68.0 Å². The second kappa shape index (κ2) is 10.3.